The number of para-hydroxylation sites is 2. The van der Waals surface area contributed by atoms with E-state index in [2.05, 4.69) is 16.4 Å². The van der Waals surface area contributed by atoms with E-state index in [4.69, 9.17) is 0 Å². The number of fused-ring (bicyclic) bond motifs is 1. The maximum atomic E-state index is 13.0. The second-order valence-electron chi connectivity index (χ2n) is 7.35. The number of carbonyl (C=O) groups excluding carboxylic acids is 1. The number of thioether (sulfide) groups is 1. The maximum absolute atomic E-state index is 13.0. The summed E-state index contributed by atoms with van der Waals surface area (Å²) >= 11 is 2.45. The van der Waals surface area contributed by atoms with Gasteiger partial charge >= 0.3 is 0 Å². The van der Waals surface area contributed by atoms with Crippen LogP contribution in [0.15, 0.2) is 101 Å². The quantitative estimate of drug-likeness (QED) is 0.164. The lowest BCUT2D eigenvalue weighted by Crippen LogP contribution is -2.08. The molecule has 0 fully saturated rings. The molecule has 4 aromatic rings. The van der Waals surface area contributed by atoms with E-state index >= 15 is 0 Å². The maximum Gasteiger partial charge on any atom is 0.201 e. The molecular formula is C28H17N5OS2. The van der Waals surface area contributed by atoms with Crippen molar-refractivity contribution >= 4 is 50.4 Å². The zero-order valence-corrected chi connectivity index (χ0v) is 20.4. The minimum Gasteiger partial charge on any atom is -0.349 e. The van der Waals surface area contributed by atoms with E-state index in [0.29, 0.717) is 21.3 Å². The molecule has 172 valence electrons. The second kappa shape index (κ2) is 11.6. The molecule has 1 N–H and O–H groups in total. The van der Waals surface area contributed by atoms with Crippen molar-refractivity contribution in [3.8, 4) is 18.2 Å². The Morgan fingerprint density at radius 3 is 2.14 bits per heavy atom. The highest BCUT2D eigenvalue weighted by molar-refractivity contribution is 8.03. The van der Waals surface area contributed by atoms with Crippen molar-refractivity contribution < 1.29 is 4.79 Å². The first-order chi connectivity index (χ1) is 17.6. The number of nitriles is 3. The van der Waals surface area contributed by atoms with Gasteiger partial charge in [-0.25, -0.2) is 4.98 Å². The molecule has 1 heterocycles. The number of carbonyl (C=O) groups is 1. The average Bonchev–Trinajstić information content (AvgIpc) is 3.37. The molecule has 0 radical (unpaired) electrons. The summed E-state index contributed by atoms with van der Waals surface area (Å²) < 4.78 is 0.920. The van der Waals surface area contributed by atoms with Crippen LogP contribution < -0.4 is 5.32 Å². The number of nitrogens with zero attached hydrogens (tertiary/aromatic N) is 4. The molecule has 0 amide bonds. The lowest BCUT2D eigenvalue weighted by atomic mass is 9.94. The molecule has 0 atom stereocenters. The van der Waals surface area contributed by atoms with E-state index in [-0.39, 0.29) is 28.3 Å². The summed E-state index contributed by atoms with van der Waals surface area (Å²) in [4.78, 5) is 17.5. The summed E-state index contributed by atoms with van der Waals surface area (Å²) in [6.07, 6.45) is 0. The molecule has 0 unspecified atom stereocenters. The van der Waals surface area contributed by atoms with E-state index in [1.54, 1.807) is 24.3 Å². The van der Waals surface area contributed by atoms with Gasteiger partial charge < -0.3 is 5.32 Å². The highest BCUT2D eigenvalue weighted by Crippen LogP contribution is 2.34. The number of rotatable bonds is 8. The third-order valence-corrected chi connectivity index (χ3v) is 7.12. The number of hydrogen-bond donors (Lipinski definition) is 1. The minimum atomic E-state index is -0.191. The van der Waals surface area contributed by atoms with Crippen molar-refractivity contribution in [1.82, 2.24) is 4.98 Å². The molecule has 0 saturated heterocycles. The number of nitrogens with one attached hydrogen (secondary N) is 1. The molecule has 3 aromatic carbocycles. The Morgan fingerprint density at radius 1 is 0.861 bits per heavy atom. The fourth-order valence-electron chi connectivity index (χ4n) is 3.39. The largest absolute Gasteiger partial charge is 0.349 e. The van der Waals surface area contributed by atoms with Crippen LogP contribution in [0.3, 0.4) is 0 Å². The highest BCUT2D eigenvalue weighted by Gasteiger charge is 2.21. The van der Waals surface area contributed by atoms with Crippen LogP contribution in [0.2, 0.25) is 0 Å². The van der Waals surface area contributed by atoms with E-state index in [1.165, 1.54) is 11.3 Å². The summed E-state index contributed by atoms with van der Waals surface area (Å²) in [5, 5.41) is 33.5. The number of aromatic nitrogens is 1. The molecular weight excluding hydrogens is 486 g/mol. The van der Waals surface area contributed by atoms with Crippen molar-refractivity contribution in [3.05, 3.63) is 112 Å². The third-order valence-electron chi connectivity index (χ3n) is 5.04. The topological polar surface area (TPSA) is 113 Å². The van der Waals surface area contributed by atoms with Gasteiger partial charge in [-0.15, -0.1) is 11.3 Å². The van der Waals surface area contributed by atoms with Crippen LogP contribution in [-0.2, 0) is 0 Å². The van der Waals surface area contributed by atoms with E-state index in [0.717, 1.165) is 22.0 Å². The number of thiazole rings is 1. The fourth-order valence-corrected chi connectivity index (χ4v) is 5.28. The molecule has 0 spiro atoms. The molecule has 0 saturated carbocycles. The smallest absolute Gasteiger partial charge is 0.201 e. The van der Waals surface area contributed by atoms with Crippen molar-refractivity contribution in [3.63, 3.8) is 0 Å². The van der Waals surface area contributed by atoms with E-state index in [1.807, 2.05) is 72.8 Å². The van der Waals surface area contributed by atoms with Gasteiger partial charge in [-0.2, -0.15) is 15.8 Å². The monoisotopic (exact) mass is 503 g/mol. The van der Waals surface area contributed by atoms with E-state index in [9.17, 15) is 20.6 Å². The Bertz CT molecular complexity index is 1550. The Kier molecular flexibility index (Phi) is 7.90. The Labute approximate surface area is 216 Å². The van der Waals surface area contributed by atoms with Gasteiger partial charge in [-0.1, -0.05) is 72.4 Å². The zero-order valence-electron chi connectivity index (χ0n) is 18.8. The van der Waals surface area contributed by atoms with Crippen LogP contribution in [0.4, 0.5) is 5.69 Å². The summed E-state index contributed by atoms with van der Waals surface area (Å²) in [6.45, 7) is 0. The van der Waals surface area contributed by atoms with Gasteiger partial charge in [0, 0.05) is 11.3 Å². The molecule has 0 aliphatic carbocycles. The number of allylic oxidation sites excluding steroid dienone is 3. The normalized spacial score (nSPS) is 10.9. The second-order valence-corrected chi connectivity index (χ2v) is 9.36. The predicted molar refractivity (Wildman–Crippen MR) is 144 cm³/mol. The summed E-state index contributed by atoms with van der Waals surface area (Å²) in [5.74, 6) is -0.173. The van der Waals surface area contributed by atoms with Gasteiger partial charge in [0.15, 0.2) is 5.01 Å². The first kappa shape index (κ1) is 24.4. The van der Waals surface area contributed by atoms with Gasteiger partial charge in [-0.3, -0.25) is 4.79 Å². The lowest BCUT2D eigenvalue weighted by Gasteiger charge is -2.15. The number of anilines is 1. The third kappa shape index (κ3) is 5.51. The van der Waals surface area contributed by atoms with Crippen LogP contribution in [0.5, 0.6) is 0 Å². The Hall–Kier alpha value is -4.68. The number of benzene rings is 3. The summed E-state index contributed by atoms with van der Waals surface area (Å²) in [5.41, 5.74) is 2.13. The molecule has 1 aromatic heterocycles. The average molecular weight is 504 g/mol. The van der Waals surface area contributed by atoms with Gasteiger partial charge in [0.05, 0.1) is 26.6 Å². The van der Waals surface area contributed by atoms with Gasteiger partial charge in [0.1, 0.15) is 23.8 Å². The molecule has 8 heteroatoms. The highest BCUT2D eigenvalue weighted by atomic mass is 32.2. The standard InChI is InChI=1S/C28H17N5OS2/c29-15-20(16-30)26(19-9-3-1-4-10-19)22(17-31)27(32-21-11-5-2-6-12-21)35-18-24(34)28-33-23-13-7-8-14-25(23)36-28/h1-14,32H,18H2/b27-22+. The number of ketones is 1. The Morgan fingerprint density at radius 2 is 1.50 bits per heavy atom. The number of hydrogen-bond acceptors (Lipinski definition) is 8. The fraction of sp³-hybridized carbons (Fsp3) is 0.0357. The lowest BCUT2D eigenvalue weighted by molar-refractivity contribution is 0.102. The molecule has 0 bridgehead atoms. The van der Waals surface area contributed by atoms with Crippen LogP contribution in [0.25, 0.3) is 15.8 Å². The first-order valence-corrected chi connectivity index (χ1v) is 12.5. The van der Waals surface area contributed by atoms with E-state index < -0.39 is 0 Å². The Balaban J connectivity index is 1.77. The number of Topliss-reactive ketones (excluding diaryl/α,β-unsaturated/α-hetero) is 1. The van der Waals surface area contributed by atoms with Gasteiger partial charge in [0.2, 0.25) is 5.78 Å². The predicted octanol–water partition coefficient (Wildman–Crippen LogP) is 6.56. The van der Waals surface area contributed by atoms with Gasteiger partial charge in [-0.05, 0) is 29.8 Å². The van der Waals surface area contributed by atoms with Crippen LogP contribution in [0.1, 0.15) is 15.4 Å². The first-order valence-electron chi connectivity index (χ1n) is 10.7. The zero-order chi connectivity index (χ0) is 25.3. The summed E-state index contributed by atoms with van der Waals surface area (Å²) in [6, 6.07) is 31.5. The van der Waals surface area contributed by atoms with Crippen molar-refractivity contribution in [2.24, 2.45) is 0 Å². The van der Waals surface area contributed by atoms with Gasteiger partial charge in [0.25, 0.3) is 0 Å². The van der Waals surface area contributed by atoms with Crippen molar-refractivity contribution in [1.29, 1.82) is 15.8 Å². The SMILES string of the molecule is N#CC(C#N)=C(/C(C#N)=C(\Nc1ccccc1)SCC(=O)c1nc2ccccc2s1)c1ccccc1. The van der Waals surface area contributed by atoms with Crippen LogP contribution >= 0.6 is 23.1 Å². The van der Waals surface area contributed by atoms with Crippen LogP contribution in [0, 0.1) is 34.0 Å². The molecule has 36 heavy (non-hydrogen) atoms. The molecule has 0 aliphatic heterocycles. The van der Waals surface area contributed by atoms with Crippen molar-refractivity contribution in [2.45, 2.75) is 0 Å². The minimum absolute atomic E-state index is 0.0106. The van der Waals surface area contributed by atoms with Crippen LogP contribution in [-0.4, -0.2) is 16.5 Å². The van der Waals surface area contributed by atoms with Crippen molar-refractivity contribution in [2.75, 3.05) is 11.1 Å². The molecule has 4 rings (SSSR count). The molecule has 0 aliphatic rings. The molecule has 6 nitrogen and oxygen atoms in total. The summed E-state index contributed by atoms with van der Waals surface area (Å²) in [7, 11) is 0.